The Morgan fingerprint density at radius 3 is 2.69 bits per heavy atom. The molecule has 1 rings (SSSR count). The van der Waals surface area contributed by atoms with Crippen molar-refractivity contribution in [3.05, 3.63) is 39.9 Å². The molecule has 0 heterocycles. The summed E-state index contributed by atoms with van der Waals surface area (Å²) >= 11 is 3.44. The van der Waals surface area contributed by atoms with E-state index in [0.717, 1.165) is 10.0 Å². The first-order valence-corrected chi connectivity index (χ1v) is 5.01. The second kappa shape index (κ2) is 4.58. The lowest BCUT2D eigenvalue weighted by Gasteiger charge is -2.00. The number of aliphatic hydroxyl groups excluding tert-OH is 1. The molecule has 1 aromatic rings. The van der Waals surface area contributed by atoms with Gasteiger partial charge in [-0.05, 0) is 31.0 Å². The molecule has 0 aliphatic carbocycles. The van der Waals surface area contributed by atoms with E-state index in [2.05, 4.69) is 22.0 Å². The second-order valence-corrected chi connectivity index (χ2v) is 3.96. The van der Waals surface area contributed by atoms with Crippen LogP contribution < -0.4 is 0 Å². The van der Waals surface area contributed by atoms with E-state index in [9.17, 15) is 0 Å². The maximum Gasteiger partial charge on any atom is 0.0696 e. The molecule has 0 saturated carbocycles. The summed E-state index contributed by atoms with van der Waals surface area (Å²) in [6.45, 7) is 3.78. The van der Waals surface area contributed by atoms with Gasteiger partial charge in [0.15, 0.2) is 0 Å². The van der Waals surface area contributed by atoms with E-state index in [4.69, 9.17) is 5.11 Å². The fraction of sp³-hybridized carbons (Fsp3) is 0.273. The zero-order valence-electron chi connectivity index (χ0n) is 7.79. The van der Waals surface area contributed by atoms with Crippen LogP contribution in [0.15, 0.2) is 28.7 Å². The third-order valence-corrected chi connectivity index (χ3v) is 2.64. The van der Waals surface area contributed by atoms with Crippen LogP contribution >= 0.6 is 15.9 Å². The van der Waals surface area contributed by atoms with Gasteiger partial charge in [-0.2, -0.15) is 0 Å². The molecule has 0 aliphatic heterocycles. The Morgan fingerprint density at radius 2 is 2.15 bits per heavy atom. The molecule has 0 amide bonds. The summed E-state index contributed by atoms with van der Waals surface area (Å²) in [5.74, 6) is 0. The van der Waals surface area contributed by atoms with Gasteiger partial charge in [-0.25, -0.2) is 0 Å². The van der Waals surface area contributed by atoms with E-state index >= 15 is 0 Å². The van der Waals surface area contributed by atoms with Crippen LogP contribution in [-0.2, 0) is 0 Å². The molecule has 1 N–H and O–H groups in total. The quantitative estimate of drug-likeness (QED) is 0.843. The smallest absolute Gasteiger partial charge is 0.0696 e. The van der Waals surface area contributed by atoms with Gasteiger partial charge in [-0.3, -0.25) is 0 Å². The van der Waals surface area contributed by atoms with Gasteiger partial charge in [0.1, 0.15) is 0 Å². The highest BCUT2D eigenvalue weighted by Gasteiger charge is 1.94. The first kappa shape index (κ1) is 10.5. The van der Waals surface area contributed by atoms with Crippen molar-refractivity contribution in [2.45, 2.75) is 20.0 Å². The van der Waals surface area contributed by atoms with Crippen molar-refractivity contribution in [3.8, 4) is 0 Å². The van der Waals surface area contributed by atoms with Crippen molar-refractivity contribution in [3.63, 3.8) is 0 Å². The van der Waals surface area contributed by atoms with Gasteiger partial charge < -0.3 is 5.11 Å². The zero-order chi connectivity index (χ0) is 9.84. The molecule has 1 nitrogen and oxygen atoms in total. The molecule has 0 bridgehead atoms. The highest BCUT2D eigenvalue weighted by atomic mass is 79.9. The van der Waals surface area contributed by atoms with Crippen LogP contribution in [0.5, 0.6) is 0 Å². The SMILES string of the molecule is Cc1cc(/C=C/C(C)O)ccc1Br. The zero-order valence-corrected chi connectivity index (χ0v) is 9.38. The first-order chi connectivity index (χ1) is 6.09. The highest BCUT2D eigenvalue weighted by molar-refractivity contribution is 9.10. The molecule has 0 spiro atoms. The van der Waals surface area contributed by atoms with Crippen molar-refractivity contribution in [1.82, 2.24) is 0 Å². The maximum absolute atomic E-state index is 9.04. The largest absolute Gasteiger partial charge is 0.389 e. The lowest BCUT2D eigenvalue weighted by atomic mass is 10.1. The van der Waals surface area contributed by atoms with Crippen LogP contribution in [0.3, 0.4) is 0 Å². The summed E-state index contributed by atoms with van der Waals surface area (Å²) < 4.78 is 1.11. The molecular formula is C11H13BrO. The molecule has 1 aromatic carbocycles. The summed E-state index contributed by atoms with van der Waals surface area (Å²) in [6, 6.07) is 6.09. The summed E-state index contributed by atoms with van der Waals surface area (Å²) in [5, 5.41) is 9.04. The van der Waals surface area contributed by atoms with Crippen molar-refractivity contribution in [2.24, 2.45) is 0 Å². The van der Waals surface area contributed by atoms with E-state index in [1.165, 1.54) is 5.56 Å². The van der Waals surface area contributed by atoms with Crippen LogP contribution in [0, 0.1) is 6.92 Å². The number of hydrogen-bond donors (Lipinski definition) is 1. The minimum absolute atomic E-state index is 0.385. The van der Waals surface area contributed by atoms with Crippen LogP contribution in [-0.4, -0.2) is 11.2 Å². The standard InChI is InChI=1S/C11H13BrO/c1-8-7-10(4-3-9(2)13)5-6-11(8)12/h3-7,9,13H,1-2H3/b4-3+. The van der Waals surface area contributed by atoms with Gasteiger partial charge in [0.2, 0.25) is 0 Å². The first-order valence-electron chi connectivity index (χ1n) is 4.22. The Bertz CT molecular complexity index is 316. The third-order valence-electron chi connectivity index (χ3n) is 1.75. The van der Waals surface area contributed by atoms with Gasteiger partial charge in [0, 0.05) is 4.47 Å². The number of rotatable bonds is 2. The molecule has 0 aliphatic rings. The van der Waals surface area contributed by atoms with E-state index in [0.29, 0.717) is 0 Å². The molecular weight excluding hydrogens is 228 g/mol. The normalized spacial score (nSPS) is 13.5. The van der Waals surface area contributed by atoms with E-state index in [-0.39, 0.29) is 6.10 Å². The molecule has 0 saturated heterocycles. The average Bonchev–Trinajstić information content (AvgIpc) is 2.07. The minimum atomic E-state index is -0.385. The number of halogens is 1. The maximum atomic E-state index is 9.04. The van der Waals surface area contributed by atoms with Crippen molar-refractivity contribution < 1.29 is 5.11 Å². The van der Waals surface area contributed by atoms with Gasteiger partial charge >= 0.3 is 0 Å². The number of hydrogen-bond acceptors (Lipinski definition) is 1. The van der Waals surface area contributed by atoms with E-state index in [1.54, 1.807) is 13.0 Å². The Labute approximate surface area is 87.2 Å². The molecule has 0 fully saturated rings. The monoisotopic (exact) mass is 240 g/mol. The van der Waals surface area contributed by atoms with E-state index < -0.39 is 0 Å². The lowest BCUT2D eigenvalue weighted by molar-refractivity contribution is 0.245. The molecule has 2 heteroatoms. The molecule has 70 valence electrons. The lowest BCUT2D eigenvalue weighted by Crippen LogP contribution is -1.91. The summed E-state index contributed by atoms with van der Waals surface area (Å²) in [4.78, 5) is 0. The topological polar surface area (TPSA) is 20.2 Å². The Hall–Kier alpha value is -0.600. The molecule has 13 heavy (non-hydrogen) atoms. The minimum Gasteiger partial charge on any atom is -0.389 e. The Kier molecular flexibility index (Phi) is 3.70. The van der Waals surface area contributed by atoms with Crippen LogP contribution in [0.1, 0.15) is 18.1 Å². The van der Waals surface area contributed by atoms with Gasteiger partial charge in [0.25, 0.3) is 0 Å². The summed E-state index contributed by atoms with van der Waals surface area (Å²) in [5.41, 5.74) is 2.31. The van der Waals surface area contributed by atoms with Gasteiger partial charge in [0.05, 0.1) is 6.10 Å². The Morgan fingerprint density at radius 1 is 1.46 bits per heavy atom. The molecule has 1 unspecified atom stereocenters. The average molecular weight is 241 g/mol. The fourth-order valence-corrected chi connectivity index (χ4v) is 1.27. The summed E-state index contributed by atoms with van der Waals surface area (Å²) in [6.07, 6.45) is 3.30. The molecule has 0 radical (unpaired) electrons. The third kappa shape index (κ3) is 3.33. The van der Waals surface area contributed by atoms with Crippen molar-refractivity contribution in [1.29, 1.82) is 0 Å². The van der Waals surface area contributed by atoms with Crippen LogP contribution in [0.2, 0.25) is 0 Å². The molecule has 0 aromatic heterocycles. The second-order valence-electron chi connectivity index (χ2n) is 3.11. The van der Waals surface area contributed by atoms with Crippen molar-refractivity contribution in [2.75, 3.05) is 0 Å². The predicted octanol–water partition coefficient (Wildman–Crippen LogP) is 3.15. The number of aryl methyl sites for hydroxylation is 1. The van der Waals surface area contributed by atoms with Crippen LogP contribution in [0.4, 0.5) is 0 Å². The van der Waals surface area contributed by atoms with Crippen LogP contribution in [0.25, 0.3) is 6.08 Å². The fourth-order valence-electron chi connectivity index (χ4n) is 1.02. The number of aliphatic hydroxyl groups is 1. The predicted molar refractivity (Wildman–Crippen MR) is 59.6 cm³/mol. The van der Waals surface area contributed by atoms with Gasteiger partial charge in [-0.15, -0.1) is 0 Å². The van der Waals surface area contributed by atoms with Crippen molar-refractivity contribution >= 4 is 22.0 Å². The molecule has 1 atom stereocenters. The van der Waals surface area contributed by atoms with E-state index in [1.807, 2.05) is 25.1 Å². The Balaban J connectivity index is 2.85. The summed E-state index contributed by atoms with van der Waals surface area (Å²) in [7, 11) is 0. The van der Waals surface area contributed by atoms with Gasteiger partial charge in [-0.1, -0.05) is 40.2 Å². The highest BCUT2D eigenvalue weighted by Crippen LogP contribution is 2.17. The number of benzene rings is 1.